The van der Waals surface area contributed by atoms with Gasteiger partial charge >= 0.3 is 0 Å². The molecule has 1 aliphatic carbocycles. The van der Waals surface area contributed by atoms with Crippen LogP contribution in [0.4, 0.5) is 4.48 Å². The topological polar surface area (TPSA) is 127 Å². The Morgan fingerprint density at radius 3 is 2.60 bits per heavy atom. The van der Waals surface area contributed by atoms with E-state index in [-0.39, 0.29) is 65.5 Å². The highest BCUT2D eigenvalue weighted by Crippen LogP contribution is 2.51. The van der Waals surface area contributed by atoms with Gasteiger partial charge in [-0.1, -0.05) is 46.4 Å². The SMILES string of the molecule is [2H]C([2H])(O)C1(C([2H])([2H])O[C@]2(Cc3cccc(C#N)n3)c3ccc(-c4ccc(Cl)cc4)c(CC(O)CCO)c3C(=O)N2F)CC1. The van der Waals surface area contributed by atoms with Crippen LogP contribution in [0.2, 0.25) is 5.02 Å². The Morgan fingerprint density at radius 1 is 1.20 bits per heavy atom. The Balaban J connectivity index is 1.75. The summed E-state index contributed by atoms with van der Waals surface area (Å²) in [6, 6.07) is 15.8. The molecule has 3 N–H and O–H groups in total. The van der Waals surface area contributed by atoms with Crippen molar-refractivity contribution in [3.8, 4) is 17.2 Å². The number of pyridine rings is 1. The fraction of sp³-hybridized carbons (Fsp3) is 0.367. The average molecular weight is 570 g/mol. The molecule has 0 saturated heterocycles. The molecular weight excluding hydrogens is 537 g/mol. The maximum atomic E-state index is 16.6. The van der Waals surface area contributed by atoms with E-state index in [1.165, 1.54) is 24.3 Å². The van der Waals surface area contributed by atoms with Crippen LogP contribution in [0.3, 0.4) is 0 Å². The lowest BCUT2D eigenvalue weighted by molar-refractivity contribution is -0.215. The smallest absolute Gasteiger partial charge is 0.285 e. The molecule has 2 heterocycles. The van der Waals surface area contributed by atoms with Crippen LogP contribution in [-0.4, -0.2) is 57.2 Å². The third kappa shape index (κ3) is 5.21. The second kappa shape index (κ2) is 11.2. The van der Waals surface area contributed by atoms with Gasteiger partial charge in [0.05, 0.1) is 30.3 Å². The number of nitriles is 1. The molecule has 1 amide bonds. The van der Waals surface area contributed by atoms with Gasteiger partial charge in [-0.25, -0.2) is 4.98 Å². The van der Waals surface area contributed by atoms with Gasteiger partial charge in [-0.05, 0) is 66.6 Å². The van der Waals surface area contributed by atoms with Gasteiger partial charge in [-0.15, -0.1) is 5.12 Å². The molecule has 0 bridgehead atoms. The molecule has 1 saturated carbocycles. The number of fused-ring (bicyclic) bond motifs is 1. The van der Waals surface area contributed by atoms with Crippen molar-refractivity contribution in [1.82, 2.24) is 10.1 Å². The lowest BCUT2D eigenvalue weighted by atomic mass is 9.86. The average Bonchev–Trinajstić information content (AvgIpc) is 3.77. The number of hydrogen-bond acceptors (Lipinski definition) is 7. The van der Waals surface area contributed by atoms with Crippen molar-refractivity contribution in [2.24, 2.45) is 5.41 Å². The Hall–Kier alpha value is -3.39. The van der Waals surface area contributed by atoms with E-state index in [2.05, 4.69) is 4.98 Å². The number of aliphatic hydroxyl groups excluding tert-OH is 2. The molecule has 0 spiro atoms. The molecule has 3 aromatic rings. The van der Waals surface area contributed by atoms with Crippen molar-refractivity contribution >= 4 is 17.5 Å². The maximum absolute atomic E-state index is 16.6. The number of amides is 1. The fourth-order valence-electron chi connectivity index (χ4n) is 4.91. The lowest BCUT2D eigenvalue weighted by Crippen LogP contribution is -2.44. The van der Waals surface area contributed by atoms with Crippen molar-refractivity contribution in [2.75, 3.05) is 19.7 Å². The van der Waals surface area contributed by atoms with Crippen molar-refractivity contribution in [1.29, 1.82) is 5.26 Å². The van der Waals surface area contributed by atoms with E-state index in [4.69, 9.17) is 21.8 Å². The quantitative estimate of drug-likeness (QED) is 0.297. The van der Waals surface area contributed by atoms with Crippen molar-refractivity contribution in [2.45, 2.75) is 43.9 Å². The highest BCUT2D eigenvalue weighted by molar-refractivity contribution is 6.30. The minimum atomic E-state index is -3.04. The Kier molecular flexibility index (Phi) is 6.55. The van der Waals surface area contributed by atoms with E-state index >= 15 is 4.48 Å². The number of rotatable bonds is 11. The van der Waals surface area contributed by atoms with E-state index in [1.807, 2.05) is 6.07 Å². The molecule has 1 aromatic heterocycles. The van der Waals surface area contributed by atoms with Crippen LogP contribution < -0.4 is 0 Å². The second-order valence-electron chi connectivity index (χ2n) is 9.96. The fourth-order valence-corrected chi connectivity index (χ4v) is 5.04. The summed E-state index contributed by atoms with van der Waals surface area (Å²) in [5.41, 5.74) is -3.62. The summed E-state index contributed by atoms with van der Waals surface area (Å²) in [6.07, 6.45) is -2.16. The predicted octanol–water partition coefficient (Wildman–Crippen LogP) is 4.08. The van der Waals surface area contributed by atoms with Gasteiger partial charge < -0.3 is 20.1 Å². The van der Waals surface area contributed by atoms with Crippen LogP contribution in [-0.2, 0) is 23.3 Å². The van der Waals surface area contributed by atoms with Crippen LogP contribution in [0.1, 0.15) is 57.6 Å². The maximum Gasteiger partial charge on any atom is 0.285 e. The van der Waals surface area contributed by atoms with Crippen LogP contribution in [0.5, 0.6) is 0 Å². The number of halogens is 2. The third-order valence-electron chi connectivity index (χ3n) is 7.22. The number of carbonyl (C=O) groups excluding carboxylic acids is 1. The van der Waals surface area contributed by atoms with Gasteiger partial charge in [0.25, 0.3) is 5.91 Å². The first-order valence-corrected chi connectivity index (χ1v) is 13.1. The van der Waals surface area contributed by atoms with E-state index in [0.29, 0.717) is 16.1 Å². The largest absolute Gasteiger partial charge is 0.396 e. The summed E-state index contributed by atoms with van der Waals surface area (Å²) in [5.74, 6) is -1.20. The number of nitrogens with zero attached hydrogens (tertiary/aromatic N) is 3. The highest BCUT2D eigenvalue weighted by Gasteiger charge is 2.56. The number of aliphatic hydroxyl groups is 3. The van der Waals surface area contributed by atoms with Gasteiger partial charge in [0.1, 0.15) is 11.8 Å². The molecule has 2 atom stereocenters. The van der Waals surface area contributed by atoms with Crippen molar-refractivity contribution in [3.05, 3.63) is 87.7 Å². The summed E-state index contributed by atoms with van der Waals surface area (Å²) in [6.45, 7) is -6.40. The number of carbonyl (C=O) groups is 1. The zero-order valence-electron chi connectivity index (χ0n) is 25.3. The van der Waals surface area contributed by atoms with E-state index < -0.39 is 42.7 Å². The summed E-state index contributed by atoms with van der Waals surface area (Å²) in [5, 5.41) is 40.0. The zero-order chi connectivity index (χ0) is 32.1. The van der Waals surface area contributed by atoms with Crippen LogP contribution in [0.25, 0.3) is 11.1 Å². The predicted molar refractivity (Wildman–Crippen MR) is 145 cm³/mol. The Labute approximate surface area is 241 Å². The molecule has 0 radical (unpaired) electrons. The highest BCUT2D eigenvalue weighted by atomic mass is 35.5. The minimum Gasteiger partial charge on any atom is -0.396 e. The van der Waals surface area contributed by atoms with Gasteiger partial charge in [0, 0.05) is 34.7 Å². The standard InChI is InChI=1S/C30H29ClFN3O5/c31-20-6-4-19(5-7-20)24-8-9-26-27(25(24)14-23(38)10-13-36)28(39)35(32)30(26,40-18-29(17-37)11-12-29)15-21-2-1-3-22(16-33)34-21/h1-9,23,36-38H,10-15,17-18H2/t23?,30-/m1/s1/i17D2,18D2. The summed E-state index contributed by atoms with van der Waals surface area (Å²) in [4.78, 5) is 18.1. The first-order chi connectivity index (χ1) is 20.7. The first-order valence-electron chi connectivity index (χ1n) is 14.7. The monoisotopic (exact) mass is 569 g/mol. The summed E-state index contributed by atoms with van der Waals surface area (Å²) in [7, 11) is 0. The molecule has 10 heteroatoms. The summed E-state index contributed by atoms with van der Waals surface area (Å²) < 4.78 is 55.9. The van der Waals surface area contributed by atoms with Crippen molar-refractivity contribution in [3.63, 3.8) is 0 Å². The van der Waals surface area contributed by atoms with Gasteiger partial charge in [-0.3, -0.25) is 4.79 Å². The van der Waals surface area contributed by atoms with Gasteiger partial charge in [-0.2, -0.15) is 5.26 Å². The van der Waals surface area contributed by atoms with Crippen LogP contribution >= 0.6 is 11.6 Å². The lowest BCUT2D eigenvalue weighted by Gasteiger charge is -2.34. The molecule has 5 rings (SSSR count). The van der Waals surface area contributed by atoms with E-state index in [9.17, 15) is 25.4 Å². The molecule has 1 aliphatic heterocycles. The molecule has 2 aliphatic rings. The molecule has 2 aromatic carbocycles. The number of benzene rings is 2. The van der Waals surface area contributed by atoms with Gasteiger partial charge in [0.15, 0.2) is 0 Å². The minimum absolute atomic E-state index is 0.0214. The second-order valence-corrected chi connectivity index (χ2v) is 10.4. The molecule has 40 heavy (non-hydrogen) atoms. The van der Waals surface area contributed by atoms with Gasteiger partial charge in [0.2, 0.25) is 5.72 Å². The number of ether oxygens (including phenoxy) is 1. The Morgan fingerprint density at radius 2 is 1.95 bits per heavy atom. The molecule has 1 fully saturated rings. The van der Waals surface area contributed by atoms with Crippen LogP contribution in [0, 0.1) is 16.7 Å². The number of hydrogen-bond donors (Lipinski definition) is 3. The first kappa shape index (κ1) is 23.3. The number of aromatic nitrogens is 1. The van der Waals surface area contributed by atoms with Crippen LogP contribution in [0.15, 0.2) is 54.6 Å². The molecule has 208 valence electrons. The van der Waals surface area contributed by atoms with E-state index in [0.717, 1.165) is 0 Å². The third-order valence-corrected chi connectivity index (χ3v) is 7.47. The molecular formula is C30H29ClFN3O5. The molecule has 8 nitrogen and oxygen atoms in total. The van der Waals surface area contributed by atoms with Crippen molar-refractivity contribution < 1.29 is 34.8 Å². The molecule has 1 unspecified atom stereocenters. The Bertz CT molecular complexity index is 1630. The summed E-state index contributed by atoms with van der Waals surface area (Å²) >= 11 is 6.07. The normalized spacial score (nSPS) is 22.0. The zero-order valence-corrected chi connectivity index (χ0v) is 22.0. The van der Waals surface area contributed by atoms with E-state index in [1.54, 1.807) is 30.3 Å².